The first-order valence-electron chi connectivity index (χ1n) is 16.2. The molecule has 3 N–H and O–H groups in total. The maximum atomic E-state index is 13.2. The molecule has 10 nitrogen and oxygen atoms in total. The van der Waals surface area contributed by atoms with Crippen molar-refractivity contribution in [1.29, 1.82) is 0 Å². The zero-order valence-corrected chi connectivity index (χ0v) is 28.3. The fourth-order valence-electron chi connectivity index (χ4n) is 6.54. The van der Waals surface area contributed by atoms with Crippen LogP contribution in [0.25, 0.3) is 22.4 Å². The number of pyridine rings is 2. The number of hydrogen-bond acceptors (Lipinski definition) is 8. The molecule has 0 unspecified atom stereocenters. The molecule has 6 rings (SSSR count). The molecule has 4 heterocycles. The molecule has 2 aliphatic heterocycles. The largest absolute Gasteiger partial charge is 0.496 e. The summed E-state index contributed by atoms with van der Waals surface area (Å²) in [5.74, 6) is 0.546. The Hall–Kier alpha value is -4.35. The maximum Gasteiger partial charge on any atom is 0.274 e. The summed E-state index contributed by atoms with van der Waals surface area (Å²) in [5.41, 5.74) is 7.00. The van der Waals surface area contributed by atoms with Crippen LogP contribution in [0, 0.1) is 6.92 Å². The van der Waals surface area contributed by atoms with Gasteiger partial charge in [-0.3, -0.25) is 29.4 Å². The van der Waals surface area contributed by atoms with E-state index in [2.05, 4.69) is 30.4 Å². The Morgan fingerprint density at radius 2 is 2.00 bits per heavy atom. The Morgan fingerprint density at radius 3 is 2.71 bits per heavy atom. The van der Waals surface area contributed by atoms with Gasteiger partial charge in [0.1, 0.15) is 11.4 Å². The molecule has 48 heavy (non-hydrogen) atoms. The highest BCUT2D eigenvalue weighted by Crippen LogP contribution is 2.39. The van der Waals surface area contributed by atoms with Crippen LogP contribution in [0.3, 0.4) is 0 Å². The molecule has 11 heteroatoms. The predicted molar refractivity (Wildman–Crippen MR) is 187 cm³/mol. The summed E-state index contributed by atoms with van der Waals surface area (Å²) < 4.78 is 5.77. The van der Waals surface area contributed by atoms with Crippen molar-refractivity contribution in [2.24, 2.45) is 0 Å². The molecule has 2 atom stereocenters. The number of aliphatic hydroxyl groups excluding tert-OH is 1. The number of aliphatic hydroxyl groups is 1. The summed E-state index contributed by atoms with van der Waals surface area (Å²) in [4.78, 5) is 38.2. The fraction of sp³-hybridized carbons (Fsp3) is 0.351. The molecular formula is C37H41ClN6O4. The summed E-state index contributed by atoms with van der Waals surface area (Å²) in [6.45, 7) is 5.58. The van der Waals surface area contributed by atoms with Crippen molar-refractivity contribution in [3.05, 3.63) is 94.4 Å². The third-order valence-corrected chi connectivity index (χ3v) is 9.47. The molecule has 0 saturated carbocycles. The van der Waals surface area contributed by atoms with Crippen LogP contribution in [-0.2, 0) is 17.9 Å². The molecule has 2 aliphatic rings. The van der Waals surface area contributed by atoms with E-state index in [1.165, 1.54) is 0 Å². The van der Waals surface area contributed by atoms with Crippen LogP contribution >= 0.6 is 11.6 Å². The van der Waals surface area contributed by atoms with Gasteiger partial charge in [0.25, 0.3) is 5.91 Å². The van der Waals surface area contributed by atoms with E-state index in [0.29, 0.717) is 48.2 Å². The molecule has 2 fully saturated rings. The first-order valence-corrected chi connectivity index (χ1v) is 16.6. The number of hydrogen-bond donors (Lipinski definition) is 3. The number of ether oxygens (including phenoxy) is 1. The Bertz CT molecular complexity index is 1800. The van der Waals surface area contributed by atoms with Crippen LogP contribution in [0.5, 0.6) is 5.75 Å². The Labute approximate surface area is 286 Å². The van der Waals surface area contributed by atoms with E-state index >= 15 is 0 Å². The van der Waals surface area contributed by atoms with E-state index in [1.54, 1.807) is 25.6 Å². The average Bonchev–Trinajstić information content (AvgIpc) is 3.69. The van der Waals surface area contributed by atoms with Crippen LogP contribution in [-0.4, -0.2) is 82.6 Å². The quantitative estimate of drug-likeness (QED) is 0.197. The number of likely N-dealkylation sites (tertiary alicyclic amines) is 1. The molecule has 0 spiro atoms. The second kappa shape index (κ2) is 14.8. The molecule has 0 bridgehead atoms. The molecule has 4 aromatic rings. The molecule has 2 aromatic carbocycles. The zero-order chi connectivity index (χ0) is 33.8. The van der Waals surface area contributed by atoms with Crippen LogP contribution in [0.1, 0.15) is 46.4 Å². The van der Waals surface area contributed by atoms with Crippen molar-refractivity contribution in [1.82, 2.24) is 25.1 Å². The fourth-order valence-corrected chi connectivity index (χ4v) is 6.86. The van der Waals surface area contributed by atoms with Crippen molar-refractivity contribution in [2.45, 2.75) is 51.4 Å². The number of β-amino-alcohol motifs (C(OH)–C–C–N with tert-alkyl or cyclic N) is 1. The molecular weight excluding hydrogens is 628 g/mol. The Balaban J connectivity index is 1.17. The normalized spacial score (nSPS) is 17.9. The van der Waals surface area contributed by atoms with E-state index in [1.807, 2.05) is 62.5 Å². The summed E-state index contributed by atoms with van der Waals surface area (Å²) in [6, 6.07) is 17.4. The standard InChI is InChI=1S/C37H41ClN6O4/c1-23-29(5-4-6-31(23)42-37(47)32-11-7-24(18-40-32)19-44-16-14-28(45)22-44)30-13-15-39-36(35(30)38)25-8-9-26(33(17-25)48-3)20-43(2)21-27-10-12-34(46)41-27/h4-9,11,13,15,17-18,27-28,45H,10,12,14,16,19-22H2,1-3H3,(H,41,46)(H,42,47)/t27-,28-/m1/s1. The van der Waals surface area contributed by atoms with E-state index in [0.717, 1.165) is 65.1 Å². The molecule has 0 radical (unpaired) electrons. The number of nitrogens with one attached hydrogen (secondary N) is 2. The number of nitrogens with zero attached hydrogens (tertiary/aromatic N) is 4. The minimum absolute atomic E-state index is 0.114. The van der Waals surface area contributed by atoms with Crippen molar-refractivity contribution in [3.63, 3.8) is 0 Å². The number of aromatic nitrogens is 2. The summed E-state index contributed by atoms with van der Waals surface area (Å²) in [6.07, 6.45) is 5.40. The smallest absolute Gasteiger partial charge is 0.274 e. The van der Waals surface area contributed by atoms with Gasteiger partial charge in [-0.15, -0.1) is 0 Å². The number of methoxy groups -OCH3 is 1. The molecule has 0 aliphatic carbocycles. The summed E-state index contributed by atoms with van der Waals surface area (Å²) in [5, 5.41) is 16.3. The lowest BCUT2D eigenvalue weighted by Crippen LogP contribution is -2.36. The van der Waals surface area contributed by atoms with Gasteiger partial charge in [0.2, 0.25) is 5.91 Å². The topological polar surface area (TPSA) is 120 Å². The van der Waals surface area contributed by atoms with Crippen LogP contribution < -0.4 is 15.4 Å². The highest BCUT2D eigenvalue weighted by Gasteiger charge is 2.23. The predicted octanol–water partition coefficient (Wildman–Crippen LogP) is 5.31. The van der Waals surface area contributed by atoms with Crippen molar-refractivity contribution < 1.29 is 19.4 Å². The van der Waals surface area contributed by atoms with Crippen molar-refractivity contribution in [3.8, 4) is 28.1 Å². The lowest BCUT2D eigenvalue weighted by atomic mass is 9.97. The van der Waals surface area contributed by atoms with Crippen LogP contribution in [0.2, 0.25) is 5.02 Å². The Morgan fingerprint density at radius 1 is 1.15 bits per heavy atom. The molecule has 2 saturated heterocycles. The van der Waals surface area contributed by atoms with Gasteiger partial charge in [-0.25, -0.2) is 0 Å². The summed E-state index contributed by atoms with van der Waals surface area (Å²) in [7, 11) is 3.69. The number of anilines is 1. The first kappa shape index (κ1) is 33.5. The average molecular weight is 669 g/mol. The number of halogens is 1. The molecule has 250 valence electrons. The van der Waals surface area contributed by atoms with Gasteiger partial charge >= 0.3 is 0 Å². The number of carbonyl (C=O) groups excluding carboxylic acids is 2. The number of benzene rings is 2. The number of carbonyl (C=O) groups is 2. The van der Waals surface area contributed by atoms with Crippen LogP contribution in [0.15, 0.2) is 67.0 Å². The lowest BCUT2D eigenvalue weighted by molar-refractivity contribution is -0.119. The van der Waals surface area contributed by atoms with Gasteiger partial charge < -0.3 is 20.5 Å². The van der Waals surface area contributed by atoms with E-state index in [-0.39, 0.29) is 24.0 Å². The van der Waals surface area contributed by atoms with E-state index in [4.69, 9.17) is 16.3 Å². The third-order valence-electron chi connectivity index (χ3n) is 9.09. The molecule has 2 aromatic heterocycles. The highest BCUT2D eigenvalue weighted by molar-refractivity contribution is 6.35. The van der Waals surface area contributed by atoms with E-state index in [9.17, 15) is 14.7 Å². The highest BCUT2D eigenvalue weighted by atomic mass is 35.5. The number of rotatable bonds is 11. The van der Waals surface area contributed by atoms with Gasteiger partial charge in [0, 0.05) is 80.0 Å². The van der Waals surface area contributed by atoms with Crippen molar-refractivity contribution >= 4 is 29.1 Å². The van der Waals surface area contributed by atoms with Gasteiger partial charge in [-0.2, -0.15) is 0 Å². The lowest BCUT2D eigenvalue weighted by Gasteiger charge is -2.22. The summed E-state index contributed by atoms with van der Waals surface area (Å²) >= 11 is 7.05. The van der Waals surface area contributed by atoms with Gasteiger partial charge in [-0.1, -0.05) is 41.9 Å². The zero-order valence-electron chi connectivity index (χ0n) is 27.5. The molecule has 2 amide bonds. The SMILES string of the molecule is COc1cc(-c2nccc(-c3cccc(NC(=O)c4ccc(CN5CC[C@@H](O)C5)cn4)c3C)c2Cl)ccc1CN(C)C[C@H]1CCC(=O)N1. The monoisotopic (exact) mass is 668 g/mol. The van der Waals surface area contributed by atoms with Gasteiger partial charge in [0.15, 0.2) is 0 Å². The van der Waals surface area contributed by atoms with Gasteiger partial charge in [0.05, 0.1) is 23.9 Å². The third kappa shape index (κ3) is 7.68. The minimum atomic E-state index is -0.300. The second-order valence-electron chi connectivity index (χ2n) is 12.7. The van der Waals surface area contributed by atoms with Crippen molar-refractivity contribution in [2.75, 3.05) is 39.1 Å². The first-order chi connectivity index (χ1) is 23.2. The number of likely N-dealkylation sites (N-methyl/N-ethyl adjacent to an activating group) is 1. The minimum Gasteiger partial charge on any atom is -0.496 e. The van der Waals surface area contributed by atoms with Crippen LogP contribution in [0.4, 0.5) is 5.69 Å². The number of amides is 2. The van der Waals surface area contributed by atoms with Gasteiger partial charge in [-0.05, 0) is 67.8 Å². The van der Waals surface area contributed by atoms with E-state index < -0.39 is 0 Å². The Kier molecular flexibility index (Phi) is 10.4. The maximum absolute atomic E-state index is 13.2. The second-order valence-corrected chi connectivity index (χ2v) is 13.1.